The molecule has 0 unspecified atom stereocenters. The van der Waals surface area contributed by atoms with E-state index in [0.717, 1.165) is 50.4 Å². The molecular weight excluding hydrogens is 399 g/mol. The van der Waals surface area contributed by atoms with Crippen LogP contribution in [0.1, 0.15) is 0 Å². The van der Waals surface area contributed by atoms with Gasteiger partial charge in [0, 0.05) is 57.9 Å². The van der Waals surface area contributed by atoms with Crippen LogP contribution in [0, 0.1) is 0 Å². The lowest BCUT2D eigenvalue weighted by molar-refractivity contribution is 0.371. The Morgan fingerprint density at radius 3 is 2.52 bits per heavy atom. The van der Waals surface area contributed by atoms with E-state index < -0.39 is 0 Å². The quantitative estimate of drug-likeness (QED) is 0.340. The third kappa shape index (κ3) is 5.50. The summed E-state index contributed by atoms with van der Waals surface area (Å²) < 4.78 is 0. The predicted molar refractivity (Wildman–Crippen MR) is 101 cm³/mol. The van der Waals surface area contributed by atoms with Crippen molar-refractivity contribution in [2.24, 2.45) is 4.99 Å². The molecule has 2 rings (SSSR count). The molecule has 0 spiro atoms. The van der Waals surface area contributed by atoms with Gasteiger partial charge in [0.2, 0.25) is 5.95 Å². The molecule has 1 aliphatic rings. The van der Waals surface area contributed by atoms with Gasteiger partial charge in [0.25, 0.3) is 0 Å². The lowest BCUT2D eigenvalue weighted by Crippen LogP contribution is -2.53. The van der Waals surface area contributed by atoms with Crippen LogP contribution in [0.3, 0.4) is 0 Å². The van der Waals surface area contributed by atoms with Crippen LogP contribution in [0.2, 0.25) is 0 Å². The predicted octanol–water partition coefficient (Wildman–Crippen LogP) is 1.15. The number of guanidine groups is 1. The molecule has 0 atom stereocenters. The standard InChI is InChI=1S/C13H22N6S.HI/c1-14-12(17-6-11-20-2)18-7-9-19(10-8-18)13-15-4-3-5-16-13;/h3-5H,6-11H2,1-2H3,(H,14,17);1H. The minimum Gasteiger partial charge on any atom is -0.355 e. The Hall–Kier alpha value is -0.770. The van der Waals surface area contributed by atoms with E-state index in [1.165, 1.54) is 0 Å². The number of nitrogens with zero attached hydrogens (tertiary/aromatic N) is 5. The number of nitrogens with one attached hydrogen (secondary N) is 1. The van der Waals surface area contributed by atoms with Gasteiger partial charge in [-0.25, -0.2) is 9.97 Å². The van der Waals surface area contributed by atoms with Gasteiger partial charge in [-0.05, 0) is 12.3 Å². The number of thioether (sulfide) groups is 1. The Morgan fingerprint density at radius 1 is 1.29 bits per heavy atom. The van der Waals surface area contributed by atoms with Crippen molar-refractivity contribution in [3.63, 3.8) is 0 Å². The highest BCUT2D eigenvalue weighted by molar-refractivity contribution is 14.0. The number of rotatable bonds is 4. The first-order valence-electron chi connectivity index (χ1n) is 6.81. The summed E-state index contributed by atoms with van der Waals surface area (Å²) in [6.45, 7) is 4.69. The number of aromatic nitrogens is 2. The minimum absolute atomic E-state index is 0. The SMILES string of the molecule is CN=C(NCCSC)N1CCN(c2ncccn2)CC1.I. The number of aliphatic imine (C=N–C) groups is 1. The molecule has 1 fully saturated rings. The summed E-state index contributed by atoms with van der Waals surface area (Å²) in [5, 5.41) is 3.40. The molecular formula is C13H23IN6S. The van der Waals surface area contributed by atoms with E-state index in [9.17, 15) is 0 Å². The van der Waals surface area contributed by atoms with E-state index in [4.69, 9.17) is 0 Å². The third-order valence-electron chi connectivity index (χ3n) is 3.22. The Labute approximate surface area is 147 Å². The molecule has 1 aromatic rings. The fraction of sp³-hybridized carbons (Fsp3) is 0.615. The summed E-state index contributed by atoms with van der Waals surface area (Å²) >= 11 is 1.84. The van der Waals surface area contributed by atoms with E-state index in [1.807, 2.05) is 24.9 Å². The first kappa shape index (κ1) is 18.3. The van der Waals surface area contributed by atoms with Gasteiger partial charge in [0.15, 0.2) is 5.96 Å². The zero-order chi connectivity index (χ0) is 14.2. The molecule has 2 heterocycles. The molecule has 8 heteroatoms. The summed E-state index contributed by atoms with van der Waals surface area (Å²) in [4.78, 5) is 17.5. The Balaban J connectivity index is 0.00000220. The van der Waals surface area contributed by atoms with Gasteiger partial charge >= 0.3 is 0 Å². The highest BCUT2D eigenvalue weighted by atomic mass is 127. The van der Waals surface area contributed by atoms with Gasteiger partial charge in [0.05, 0.1) is 0 Å². The summed E-state index contributed by atoms with van der Waals surface area (Å²) in [5.74, 6) is 2.90. The van der Waals surface area contributed by atoms with E-state index in [-0.39, 0.29) is 24.0 Å². The molecule has 1 N–H and O–H groups in total. The lowest BCUT2D eigenvalue weighted by atomic mass is 10.3. The van der Waals surface area contributed by atoms with Gasteiger partial charge in [-0.2, -0.15) is 11.8 Å². The summed E-state index contributed by atoms with van der Waals surface area (Å²) in [6.07, 6.45) is 5.69. The molecule has 0 aromatic carbocycles. The van der Waals surface area contributed by atoms with Crippen molar-refractivity contribution < 1.29 is 0 Å². The third-order valence-corrected chi connectivity index (χ3v) is 3.83. The van der Waals surface area contributed by atoms with Crippen LogP contribution in [0.15, 0.2) is 23.5 Å². The van der Waals surface area contributed by atoms with Gasteiger partial charge in [-0.1, -0.05) is 0 Å². The zero-order valence-electron chi connectivity index (χ0n) is 12.5. The Kier molecular flexibility index (Phi) is 8.74. The van der Waals surface area contributed by atoms with Crippen molar-refractivity contribution in [3.05, 3.63) is 18.5 Å². The highest BCUT2D eigenvalue weighted by Crippen LogP contribution is 2.09. The number of hydrogen-bond acceptors (Lipinski definition) is 5. The van der Waals surface area contributed by atoms with Gasteiger partial charge < -0.3 is 15.1 Å². The van der Waals surface area contributed by atoms with Gasteiger partial charge in [0.1, 0.15) is 0 Å². The normalized spacial score (nSPS) is 15.6. The molecule has 1 saturated heterocycles. The molecule has 21 heavy (non-hydrogen) atoms. The summed E-state index contributed by atoms with van der Waals surface area (Å²) in [5.41, 5.74) is 0. The van der Waals surface area contributed by atoms with Crippen molar-refractivity contribution in [1.82, 2.24) is 20.2 Å². The van der Waals surface area contributed by atoms with Crippen LogP contribution in [0.25, 0.3) is 0 Å². The Morgan fingerprint density at radius 2 is 1.95 bits per heavy atom. The average Bonchev–Trinajstić information content (AvgIpc) is 2.53. The molecule has 118 valence electrons. The van der Waals surface area contributed by atoms with Crippen molar-refractivity contribution in [2.75, 3.05) is 56.7 Å². The van der Waals surface area contributed by atoms with Crippen molar-refractivity contribution in [3.8, 4) is 0 Å². The largest absolute Gasteiger partial charge is 0.355 e. The maximum Gasteiger partial charge on any atom is 0.225 e. The van der Waals surface area contributed by atoms with Crippen LogP contribution >= 0.6 is 35.7 Å². The van der Waals surface area contributed by atoms with Crippen LogP contribution in [0.5, 0.6) is 0 Å². The molecule has 1 aromatic heterocycles. The lowest BCUT2D eigenvalue weighted by Gasteiger charge is -2.36. The molecule has 1 aliphatic heterocycles. The Bertz CT molecular complexity index is 422. The van der Waals surface area contributed by atoms with Crippen LogP contribution in [-0.4, -0.2) is 72.6 Å². The number of piperazine rings is 1. The van der Waals surface area contributed by atoms with Crippen molar-refractivity contribution in [2.45, 2.75) is 0 Å². The van der Waals surface area contributed by atoms with Crippen molar-refractivity contribution >= 4 is 47.6 Å². The summed E-state index contributed by atoms with van der Waals surface area (Å²) in [6, 6.07) is 1.84. The monoisotopic (exact) mass is 422 g/mol. The number of hydrogen-bond donors (Lipinski definition) is 1. The number of anilines is 1. The van der Waals surface area contributed by atoms with E-state index in [0.29, 0.717) is 0 Å². The molecule has 0 saturated carbocycles. The van der Waals surface area contributed by atoms with Gasteiger partial charge in [-0.3, -0.25) is 4.99 Å². The van der Waals surface area contributed by atoms with Crippen LogP contribution in [-0.2, 0) is 0 Å². The van der Waals surface area contributed by atoms with E-state index >= 15 is 0 Å². The van der Waals surface area contributed by atoms with E-state index in [1.54, 1.807) is 12.4 Å². The number of halogens is 1. The first-order valence-corrected chi connectivity index (χ1v) is 8.21. The van der Waals surface area contributed by atoms with E-state index in [2.05, 4.69) is 36.3 Å². The van der Waals surface area contributed by atoms with Crippen molar-refractivity contribution in [1.29, 1.82) is 0 Å². The molecule has 6 nitrogen and oxygen atoms in total. The second-order valence-electron chi connectivity index (χ2n) is 4.49. The fourth-order valence-electron chi connectivity index (χ4n) is 2.17. The molecule has 0 bridgehead atoms. The second kappa shape index (κ2) is 10.0. The molecule has 0 radical (unpaired) electrons. The zero-order valence-corrected chi connectivity index (χ0v) is 15.7. The van der Waals surface area contributed by atoms with Crippen LogP contribution < -0.4 is 10.2 Å². The van der Waals surface area contributed by atoms with Crippen LogP contribution in [0.4, 0.5) is 5.95 Å². The first-order chi connectivity index (χ1) is 9.85. The summed E-state index contributed by atoms with van der Waals surface area (Å²) in [7, 11) is 1.84. The second-order valence-corrected chi connectivity index (χ2v) is 5.48. The fourth-order valence-corrected chi connectivity index (χ4v) is 2.48. The maximum atomic E-state index is 4.35. The smallest absolute Gasteiger partial charge is 0.225 e. The molecule has 0 amide bonds. The van der Waals surface area contributed by atoms with Gasteiger partial charge in [-0.15, -0.1) is 24.0 Å². The average molecular weight is 422 g/mol. The maximum absolute atomic E-state index is 4.35. The topological polar surface area (TPSA) is 56.7 Å². The highest BCUT2D eigenvalue weighted by Gasteiger charge is 2.20. The molecule has 0 aliphatic carbocycles. The minimum atomic E-state index is 0.